The van der Waals surface area contributed by atoms with Crippen molar-refractivity contribution in [1.82, 2.24) is 19.9 Å². The molecule has 3 heterocycles. The summed E-state index contributed by atoms with van der Waals surface area (Å²) in [6.07, 6.45) is -1.70. The lowest BCUT2D eigenvalue weighted by Gasteiger charge is -2.34. The van der Waals surface area contributed by atoms with Crippen LogP contribution in [0.2, 0.25) is 0 Å². The molecule has 1 amide bonds. The van der Waals surface area contributed by atoms with Crippen LogP contribution in [0.1, 0.15) is 30.5 Å². The number of primary amides is 1. The second-order valence-electron chi connectivity index (χ2n) is 8.90. The zero-order valence-electron chi connectivity index (χ0n) is 18.8. The van der Waals surface area contributed by atoms with E-state index in [1.165, 1.54) is 12.4 Å². The van der Waals surface area contributed by atoms with Crippen LogP contribution in [-0.4, -0.2) is 64.2 Å². The van der Waals surface area contributed by atoms with Crippen LogP contribution in [-0.2, 0) is 17.5 Å². The van der Waals surface area contributed by atoms with Crippen LogP contribution in [0, 0.1) is 11.7 Å². The number of nitrogens with one attached hydrogen (secondary N) is 1. The molecule has 8 nitrogen and oxygen atoms in total. The van der Waals surface area contributed by atoms with Crippen LogP contribution >= 0.6 is 0 Å². The summed E-state index contributed by atoms with van der Waals surface area (Å²) in [5.41, 5.74) is 4.66. The number of likely N-dealkylation sites (tertiary alicyclic amines) is 1. The topological polar surface area (TPSA) is 100 Å². The van der Waals surface area contributed by atoms with Crippen LogP contribution in [0.15, 0.2) is 24.7 Å². The highest BCUT2D eigenvalue weighted by molar-refractivity contribution is 5.75. The molecular weight excluding hydrogens is 473 g/mol. The van der Waals surface area contributed by atoms with Gasteiger partial charge < -0.3 is 16.0 Å². The Bertz CT molecular complexity index is 1030. The van der Waals surface area contributed by atoms with Crippen molar-refractivity contribution in [2.45, 2.75) is 44.2 Å². The maximum Gasteiger partial charge on any atom is 0.417 e. The predicted octanol–water partition coefficient (Wildman–Crippen LogP) is 2.76. The normalized spacial score (nSPS) is 21.1. The fourth-order valence-corrected chi connectivity index (χ4v) is 4.15. The summed E-state index contributed by atoms with van der Waals surface area (Å²) >= 11 is 0. The number of amides is 1. The van der Waals surface area contributed by atoms with Gasteiger partial charge in [-0.1, -0.05) is 0 Å². The van der Waals surface area contributed by atoms with Crippen LogP contribution < -0.4 is 16.0 Å². The number of carbonyl (C=O) groups excluding carboxylic acids is 1. The number of rotatable bonds is 9. The highest BCUT2D eigenvalue weighted by atomic mass is 19.4. The number of halogens is 5. The average molecular weight is 499 g/mol. The third kappa shape index (κ3) is 6.32. The first-order valence-electron chi connectivity index (χ1n) is 11.3. The van der Waals surface area contributed by atoms with Gasteiger partial charge in [0.1, 0.15) is 12.5 Å². The minimum Gasteiger partial charge on any atom is -0.369 e. The Balaban J connectivity index is 1.42. The molecule has 0 aromatic carbocycles. The van der Waals surface area contributed by atoms with Gasteiger partial charge in [-0.05, 0) is 37.9 Å². The van der Waals surface area contributed by atoms with Crippen molar-refractivity contribution in [3.8, 4) is 0 Å². The monoisotopic (exact) mass is 499 g/mol. The Labute approximate surface area is 198 Å². The van der Waals surface area contributed by atoms with Crippen LogP contribution in [0.5, 0.6) is 0 Å². The standard InChI is InChI=1S/C22H26F5N7O/c23-17-10-33(11-18(28)35)6-5-13(17)7-30-20-19(24)21(32-12-31-20)34(16-3-4-16)9-15-2-1-14(8-29-15)22(25,26)27/h1-2,8,12-13,16-17H,3-7,9-11H2,(H2,28,35)(H,30,31,32)/t13-,17+/m1/s1. The lowest BCUT2D eigenvalue weighted by molar-refractivity contribution is -0.137. The molecule has 1 saturated heterocycles. The van der Waals surface area contributed by atoms with Crippen molar-refractivity contribution >= 4 is 17.5 Å². The smallest absolute Gasteiger partial charge is 0.369 e. The fourth-order valence-electron chi connectivity index (χ4n) is 4.15. The molecule has 0 unspecified atom stereocenters. The van der Waals surface area contributed by atoms with E-state index in [1.54, 1.807) is 9.80 Å². The summed E-state index contributed by atoms with van der Waals surface area (Å²) in [5.74, 6) is -1.69. The van der Waals surface area contributed by atoms with Gasteiger partial charge in [-0.25, -0.2) is 14.4 Å². The quantitative estimate of drug-likeness (QED) is 0.512. The number of piperidine rings is 1. The molecule has 1 aliphatic heterocycles. The third-order valence-electron chi connectivity index (χ3n) is 6.19. The molecule has 2 aromatic heterocycles. The number of nitrogens with zero attached hydrogens (tertiary/aromatic N) is 5. The zero-order chi connectivity index (χ0) is 25.2. The molecule has 4 rings (SSSR count). The van der Waals surface area contributed by atoms with Gasteiger partial charge in [-0.15, -0.1) is 0 Å². The summed E-state index contributed by atoms with van der Waals surface area (Å²) < 4.78 is 68.4. The van der Waals surface area contributed by atoms with E-state index in [2.05, 4.69) is 20.3 Å². The highest BCUT2D eigenvalue weighted by Crippen LogP contribution is 2.35. The molecule has 1 aliphatic carbocycles. The Morgan fingerprint density at radius 3 is 2.57 bits per heavy atom. The maximum atomic E-state index is 15.3. The van der Waals surface area contributed by atoms with E-state index in [-0.39, 0.29) is 43.9 Å². The summed E-state index contributed by atoms with van der Waals surface area (Å²) in [5, 5.41) is 2.87. The number of anilines is 2. The number of hydrogen-bond donors (Lipinski definition) is 2. The minimum atomic E-state index is -4.49. The third-order valence-corrected chi connectivity index (χ3v) is 6.19. The molecule has 3 N–H and O–H groups in total. The first-order chi connectivity index (χ1) is 16.6. The summed E-state index contributed by atoms with van der Waals surface area (Å²) in [4.78, 5) is 26.3. The maximum absolute atomic E-state index is 15.3. The highest BCUT2D eigenvalue weighted by Gasteiger charge is 2.35. The van der Waals surface area contributed by atoms with E-state index in [0.717, 1.165) is 25.1 Å². The van der Waals surface area contributed by atoms with E-state index in [4.69, 9.17) is 5.73 Å². The van der Waals surface area contributed by atoms with Gasteiger partial charge in [0, 0.05) is 31.2 Å². The van der Waals surface area contributed by atoms with Crippen LogP contribution in [0.3, 0.4) is 0 Å². The molecule has 1 saturated carbocycles. The van der Waals surface area contributed by atoms with E-state index >= 15 is 4.39 Å². The Hall–Kier alpha value is -3.09. The molecule has 2 aliphatic rings. The van der Waals surface area contributed by atoms with E-state index in [9.17, 15) is 22.4 Å². The predicted molar refractivity (Wildman–Crippen MR) is 118 cm³/mol. The summed E-state index contributed by atoms with van der Waals surface area (Å²) in [7, 11) is 0. The second kappa shape index (κ2) is 10.3. The Morgan fingerprint density at radius 1 is 1.20 bits per heavy atom. The molecule has 35 heavy (non-hydrogen) atoms. The molecule has 0 bridgehead atoms. The van der Waals surface area contributed by atoms with Crippen molar-refractivity contribution in [2.24, 2.45) is 11.7 Å². The van der Waals surface area contributed by atoms with Gasteiger partial charge in [0.25, 0.3) is 0 Å². The summed E-state index contributed by atoms with van der Waals surface area (Å²) in [6, 6.07) is 2.20. The number of nitrogens with two attached hydrogens (primary N) is 1. The molecule has 190 valence electrons. The van der Waals surface area contributed by atoms with Gasteiger partial charge in [0.05, 0.1) is 24.3 Å². The fraction of sp³-hybridized carbons (Fsp3) is 0.545. The van der Waals surface area contributed by atoms with Crippen molar-refractivity contribution in [2.75, 3.05) is 36.4 Å². The number of carbonyl (C=O) groups is 1. The van der Waals surface area contributed by atoms with E-state index < -0.39 is 35.6 Å². The number of pyridine rings is 1. The van der Waals surface area contributed by atoms with Gasteiger partial charge in [-0.2, -0.15) is 17.6 Å². The van der Waals surface area contributed by atoms with Crippen molar-refractivity contribution in [1.29, 1.82) is 0 Å². The van der Waals surface area contributed by atoms with E-state index in [0.29, 0.717) is 18.7 Å². The van der Waals surface area contributed by atoms with Crippen LogP contribution in [0.25, 0.3) is 0 Å². The largest absolute Gasteiger partial charge is 0.417 e. The molecule has 0 radical (unpaired) electrons. The molecular formula is C22H26F5N7O. The SMILES string of the molecule is NC(=O)CN1CC[C@H](CNc2ncnc(N(Cc3ccc(C(F)(F)F)cn3)C3CC3)c2F)[C@@H](F)C1. The summed E-state index contributed by atoms with van der Waals surface area (Å²) in [6.45, 7) is 0.796. The Kier molecular flexibility index (Phi) is 7.33. The molecule has 0 spiro atoms. The van der Waals surface area contributed by atoms with Crippen molar-refractivity contribution in [3.05, 3.63) is 41.7 Å². The van der Waals surface area contributed by atoms with Gasteiger partial charge in [0.15, 0.2) is 11.6 Å². The number of aromatic nitrogens is 3. The van der Waals surface area contributed by atoms with Gasteiger partial charge in [0.2, 0.25) is 11.7 Å². The number of hydrogen-bond acceptors (Lipinski definition) is 7. The minimum absolute atomic E-state index is 0.00470. The Morgan fingerprint density at radius 2 is 1.97 bits per heavy atom. The first kappa shape index (κ1) is 25.0. The molecule has 2 aromatic rings. The van der Waals surface area contributed by atoms with Crippen LogP contribution in [0.4, 0.5) is 33.6 Å². The lowest BCUT2D eigenvalue weighted by atomic mass is 9.95. The zero-order valence-corrected chi connectivity index (χ0v) is 18.8. The lowest BCUT2D eigenvalue weighted by Crippen LogP contribution is -2.46. The second-order valence-corrected chi connectivity index (χ2v) is 8.90. The molecule has 2 atom stereocenters. The van der Waals surface area contributed by atoms with Crippen molar-refractivity contribution < 1.29 is 26.7 Å². The van der Waals surface area contributed by atoms with Gasteiger partial charge in [-0.3, -0.25) is 14.7 Å². The number of alkyl halides is 4. The average Bonchev–Trinajstić information content (AvgIpc) is 3.63. The molecule has 2 fully saturated rings. The molecule has 13 heteroatoms. The van der Waals surface area contributed by atoms with Gasteiger partial charge >= 0.3 is 6.18 Å². The first-order valence-corrected chi connectivity index (χ1v) is 11.3. The van der Waals surface area contributed by atoms with E-state index in [1.807, 2.05) is 0 Å². The van der Waals surface area contributed by atoms with Crippen molar-refractivity contribution in [3.63, 3.8) is 0 Å².